The van der Waals surface area contributed by atoms with Crippen molar-refractivity contribution < 1.29 is 4.79 Å². The molecule has 0 spiro atoms. The molecule has 0 atom stereocenters. The minimum absolute atomic E-state index is 0.724. The molecule has 21 heavy (non-hydrogen) atoms. The highest BCUT2D eigenvalue weighted by atomic mass is 32.1. The molecule has 2 aromatic heterocycles. The molecule has 6 nitrogen and oxygen atoms in total. The van der Waals surface area contributed by atoms with Gasteiger partial charge in [0.2, 0.25) is 12.4 Å². The van der Waals surface area contributed by atoms with Crippen molar-refractivity contribution in [2.45, 2.75) is 13.8 Å². The molecule has 0 unspecified atom stereocenters. The predicted molar refractivity (Wildman–Crippen MR) is 86.3 cm³/mol. The highest BCUT2D eigenvalue weighted by molar-refractivity contribution is 7.18. The standard InChI is InChI=1S/C14H19N5OS/c1-9-10(2)21-13-11(9)12(15-3)16-14(17-13)19-6-4-18(8-20)5-7-19/h8H,4-7H2,1-3H3,(H,15,16,17). The van der Waals surface area contributed by atoms with Crippen LogP contribution < -0.4 is 10.2 Å². The van der Waals surface area contributed by atoms with Crippen LogP contribution in [-0.2, 0) is 4.79 Å². The number of aryl methyl sites for hydroxylation is 2. The van der Waals surface area contributed by atoms with E-state index in [1.165, 1.54) is 10.4 Å². The average molecular weight is 305 g/mol. The van der Waals surface area contributed by atoms with Gasteiger partial charge in [0.05, 0.1) is 5.39 Å². The van der Waals surface area contributed by atoms with Crippen LogP contribution in [0.2, 0.25) is 0 Å². The van der Waals surface area contributed by atoms with Gasteiger partial charge >= 0.3 is 0 Å². The van der Waals surface area contributed by atoms with Crippen molar-refractivity contribution in [3.8, 4) is 0 Å². The molecule has 1 aliphatic rings. The zero-order chi connectivity index (χ0) is 15.0. The van der Waals surface area contributed by atoms with Gasteiger partial charge in [-0.05, 0) is 19.4 Å². The van der Waals surface area contributed by atoms with Crippen LogP contribution in [0.1, 0.15) is 10.4 Å². The van der Waals surface area contributed by atoms with Gasteiger partial charge in [-0.2, -0.15) is 4.98 Å². The zero-order valence-corrected chi connectivity index (χ0v) is 13.3. The highest BCUT2D eigenvalue weighted by Gasteiger charge is 2.21. The van der Waals surface area contributed by atoms with E-state index in [-0.39, 0.29) is 0 Å². The first-order valence-electron chi connectivity index (χ1n) is 7.04. The number of aromatic nitrogens is 2. The number of hydrogen-bond donors (Lipinski definition) is 1. The summed E-state index contributed by atoms with van der Waals surface area (Å²) >= 11 is 1.71. The fraction of sp³-hybridized carbons (Fsp3) is 0.500. The lowest BCUT2D eigenvalue weighted by atomic mass is 10.2. The molecule has 112 valence electrons. The second-order valence-electron chi connectivity index (χ2n) is 5.21. The van der Waals surface area contributed by atoms with Gasteiger partial charge in [0, 0.05) is 38.1 Å². The Morgan fingerprint density at radius 2 is 1.90 bits per heavy atom. The van der Waals surface area contributed by atoms with Crippen LogP contribution in [0.15, 0.2) is 0 Å². The largest absolute Gasteiger partial charge is 0.372 e. The van der Waals surface area contributed by atoms with Crippen molar-refractivity contribution in [2.24, 2.45) is 0 Å². The first-order valence-corrected chi connectivity index (χ1v) is 7.85. The normalized spacial score (nSPS) is 15.6. The molecule has 1 saturated heterocycles. The minimum atomic E-state index is 0.724. The number of hydrogen-bond acceptors (Lipinski definition) is 6. The Morgan fingerprint density at radius 1 is 1.19 bits per heavy atom. The highest BCUT2D eigenvalue weighted by Crippen LogP contribution is 2.34. The topological polar surface area (TPSA) is 61.4 Å². The maximum Gasteiger partial charge on any atom is 0.228 e. The number of nitrogens with one attached hydrogen (secondary N) is 1. The summed E-state index contributed by atoms with van der Waals surface area (Å²) in [6, 6.07) is 0. The Hall–Kier alpha value is -1.89. The lowest BCUT2D eigenvalue weighted by molar-refractivity contribution is -0.118. The van der Waals surface area contributed by atoms with Crippen LogP contribution >= 0.6 is 11.3 Å². The lowest BCUT2D eigenvalue weighted by Gasteiger charge is -2.32. The van der Waals surface area contributed by atoms with Gasteiger partial charge in [0.25, 0.3) is 0 Å². The van der Waals surface area contributed by atoms with Gasteiger partial charge in [0.1, 0.15) is 10.6 Å². The first kappa shape index (κ1) is 14.1. The lowest BCUT2D eigenvalue weighted by Crippen LogP contribution is -2.46. The zero-order valence-electron chi connectivity index (χ0n) is 12.5. The number of nitrogens with zero attached hydrogens (tertiary/aromatic N) is 4. The molecule has 3 rings (SSSR count). The molecule has 1 N–H and O–H groups in total. The summed E-state index contributed by atoms with van der Waals surface area (Å²) in [5.41, 5.74) is 1.25. The summed E-state index contributed by atoms with van der Waals surface area (Å²) < 4.78 is 0. The second-order valence-corrected chi connectivity index (χ2v) is 6.42. The van der Waals surface area contributed by atoms with Gasteiger partial charge in [0.15, 0.2) is 0 Å². The molecule has 0 saturated carbocycles. The van der Waals surface area contributed by atoms with E-state index in [9.17, 15) is 4.79 Å². The van der Waals surface area contributed by atoms with Gasteiger partial charge in [-0.25, -0.2) is 4.98 Å². The van der Waals surface area contributed by atoms with Crippen LogP contribution in [0, 0.1) is 13.8 Å². The van der Waals surface area contributed by atoms with Crippen molar-refractivity contribution in [3.05, 3.63) is 10.4 Å². The third-order valence-electron chi connectivity index (χ3n) is 4.00. The smallest absolute Gasteiger partial charge is 0.228 e. The molecule has 0 bridgehead atoms. The average Bonchev–Trinajstić information content (AvgIpc) is 2.81. The van der Waals surface area contributed by atoms with Crippen molar-refractivity contribution in [2.75, 3.05) is 43.4 Å². The van der Waals surface area contributed by atoms with Gasteiger partial charge in [-0.15, -0.1) is 11.3 Å². The minimum Gasteiger partial charge on any atom is -0.372 e. The molecule has 3 heterocycles. The monoisotopic (exact) mass is 305 g/mol. The molecular formula is C14H19N5OS. The predicted octanol–water partition coefficient (Wildman–Crippen LogP) is 1.63. The van der Waals surface area contributed by atoms with Crippen LogP contribution in [0.4, 0.5) is 11.8 Å². The fourth-order valence-corrected chi connectivity index (χ4v) is 3.61. The van der Waals surface area contributed by atoms with E-state index in [1.807, 2.05) is 7.05 Å². The van der Waals surface area contributed by atoms with E-state index in [2.05, 4.69) is 29.0 Å². The van der Waals surface area contributed by atoms with E-state index in [0.29, 0.717) is 0 Å². The molecule has 1 fully saturated rings. The van der Waals surface area contributed by atoms with Crippen molar-refractivity contribution in [1.29, 1.82) is 0 Å². The Balaban J connectivity index is 1.98. The number of thiophene rings is 1. The van der Waals surface area contributed by atoms with Gasteiger partial charge in [-0.3, -0.25) is 4.79 Å². The van der Waals surface area contributed by atoms with Crippen molar-refractivity contribution >= 4 is 39.7 Å². The molecule has 1 amide bonds. The van der Waals surface area contributed by atoms with Crippen LogP contribution in [-0.4, -0.2) is 54.5 Å². The summed E-state index contributed by atoms with van der Waals surface area (Å²) in [6.45, 7) is 7.22. The molecule has 7 heteroatoms. The third kappa shape index (κ3) is 2.42. The maximum atomic E-state index is 10.8. The molecule has 1 aliphatic heterocycles. The summed E-state index contributed by atoms with van der Waals surface area (Å²) in [7, 11) is 1.89. The van der Waals surface area contributed by atoms with E-state index >= 15 is 0 Å². The number of anilines is 2. The van der Waals surface area contributed by atoms with Crippen molar-refractivity contribution in [1.82, 2.24) is 14.9 Å². The van der Waals surface area contributed by atoms with Crippen LogP contribution in [0.3, 0.4) is 0 Å². The van der Waals surface area contributed by atoms with Gasteiger partial charge < -0.3 is 15.1 Å². The van der Waals surface area contributed by atoms with Gasteiger partial charge in [-0.1, -0.05) is 0 Å². The summed E-state index contributed by atoms with van der Waals surface area (Å²) in [5.74, 6) is 1.63. The Morgan fingerprint density at radius 3 is 2.52 bits per heavy atom. The summed E-state index contributed by atoms with van der Waals surface area (Å²) in [6.07, 6.45) is 0.909. The Labute approximate surface area is 127 Å². The van der Waals surface area contributed by atoms with E-state index in [4.69, 9.17) is 4.98 Å². The number of amides is 1. The van der Waals surface area contributed by atoms with Crippen LogP contribution in [0.25, 0.3) is 10.2 Å². The third-order valence-corrected chi connectivity index (χ3v) is 5.10. The second kappa shape index (κ2) is 5.48. The number of fused-ring (bicyclic) bond motifs is 1. The van der Waals surface area contributed by atoms with Crippen LogP contribution in [0.5, 0.6) is 0 Å². The first-order chi connectivity index (χ1) is 10.1. The Kier molecular flexibility index (Phi) is 3.67. The quantitative estimate of drug-likeness (QED) is 0.873. The number of carbonyl (C=O) groups excluding carboxylic acids is 1. The SMILES string of the molecule is CNc1nc(N2CCN(C=O)CC2)nc2sc(C)c(C)c12. The number of rotatable bonds is 3. The molecule has 0 aromatic carbocycles. The molecule has 0 aliphatic carbocycles. The summed E-state index contributed by atoms with van der Waals surface area (Å²) in [5, 5.41) is 4.31. The molecule has 0 radical (unpaired) electrons. The molecule has 2 aromatic rings. The number of carbonyl (C=O) groups is 1. The molecular weight excluding hydrogens is 286 g/mol. The number of piperazine rings is 1. The fourth-order valence-electron chi connectivity index (χ4n) is 2.59. The van der Waals surface area contributed by atoms with E-state index in [0.717, 1.165) is 54.6 Å². The maximum absolute atomic E-state index is 10.8. The van der Waals surface area contributed by atoms with E-state index in [1.54, 1.807) is 16.2 Å². The van der Waals surface area contributed by atoms with E-state index < -0.39 is 0 Å². The Bertz CT molecular complexity index is 676. The van der Waals surface area contributed by atoms with Crippen molar-refractivity contribution in [3.63, 3.8) is 0 Å². The summed E-state index contributed by atoms with van der Waals surface area (Å²) in [4.78, 5) is 26.4.